The lowest BCUT2D eigenvalue weighted by atomic mass is 9.69. The molecule has 0 bridgehead atoms. The Bertz CT molecular complexity index is 5900. The van der Waals surface area contributed by atoms with E-state index in [1.165, 1.54) is 174 Å². The van der Waals surface area contributed by atoms with Gasteiger partial charge in [0.15, 0.2) is 0 Å². The Hall–Kier alpha value is -11.4. The topological polar surface area (TPSA) is 0 Å². The molecule has 0 spiro atoms. The molecule has 0 aromatic heterocycles. The highest BCUT2D eigenvalue weighted by Crippen LogP contribution is 2.52. The van der Waals surface area contributed by atoms with Gasteiger partial charge < -0.3 is 0 Å². The summed E-state index contributed by atoms with van der Waals surface area (Å²) in [5.74, 6) is 0.565. The fourth-order valence-corrected chi connectivity index (χ4v) is 15.5. The monoisotopic (exact) mass is 1140 g/mol. The van der Waals surface area contributed by atoms with Crippen molar-refractivity contribution in [1.82, 2.24) is 0 Å². The molecule has 0 N–H and O–H groups in total. The molecule has 0 heteroatoms. The first kappa shape index (κ1) is 51.8. The van der Waals surface area contributed by atoms with E-state index < -0.39 is 0 Å². The first-order chi connectivity index (χ1) is 44.7. The zero-order chi connectivity index (χ0) is 59.2. The molecule has 0 saturated carbocycles. The van der Waals surface area contributed by atoms with Crippen LogP contribution in [0.1, 0.15) is 22.6 Å². The maximum absolute atomic E-state index is 2.51. The first-order valence-corrected chi connectivity index (χ1v) is 31.5. The molecule has 0 amide bonds. The highest BCUT2D eigenvalue weighted by atomic mass is 14.4. The summed E-state index contributed by atoms with van der Waals surface area (Å²) in [4.78, 5) is 0. The van der Waals surface area contributed by atoms with Crippen molar-refractivity contribution in [2.45, 2.75) is 5.92 Å². The second-order valence-corrected chi connectivity index (χ2v) is 24.4. The Labute approximate surface area is 522 Å². The van der Waals surface area contributed by atoms with Gasteiger partial charge in [-0.05, 0) is 211 Å². The van der Waals surface area contributed by atoms with Gasteiger partial charge in [-0.1, -0.05) is 303 Å². The van der Waals surface area contributed by atoms with Crippen molar-refractivity contribution in [3.8, 4) is 44.5 Å². The number of allylic oxidation sites excluding steroid dienone is 5. The number of hydrogen-bond donors (Lipinski definition) is 0. The lowest BCUT2D eigenvalue weighted by molar-refractivity contribution is 0.711. The number of hydrogen-bond acceptors (Lipinski definition) is 0. The van der Waals surface area contributed by atoms with E-state index in [0.29, 0.717) is 0 Å². The average Bonchev–Trinajstić information content (AvgIpc) is 0.914. The SMILES string of the molecule is C1=CC2C(c3cccc4ccccc34)=Cc3c(cc(-c4cc5ccccc5c5ccccc45)c4ccccc34)C2C=C1.c1ccc2c(-c3cc4c5ccccc5c(-c5ccc(-c6cc7ccccc7c7ccccc67)cc5)cc4c4ccccc34)cccc2c1. The molecule has 2 aliphatic carbocycles. The third kappa shape index (κ3) is 8.37. The molecule has 0 aliphatic heterocycles. The summed E-state index contributed by atoms with van der Waals surface area (Å²) in [5.41, 5.74) is 15.7. The van der Waals surface area contributed by atoms with E-state index in [9.17, 15) is 0 Å². The standard InChI is InChI=1S/C48H30.C42H28/c1-3-15-35-31(12-1)14-11-23-38(35)46-30-48-41-20-8-7-19-40(41)45(29-47(48)43-22-10-9-21-42(43)46)33-26-24-32(25-27-33)44-28-34-13-2-4-16-36(34)37-17-5-6-18-39(37)44;1-3-15-29-27(12-1)14-11-23-32(29)39-25-41-37-22-10-9-21-36(37)40(26-42(41)35-20-8-7-19-34(35)39)38-24-28-13-2-4-16-30(28)31-17-5-6-18-33(31)38/h1-30H;1-26,34-35H. The largest absolute Gasteiger partial charge is 0.0761 e. The van der Waals surface area contributed by atoms with E-state index in [1.54, 1.807) is 0 Å². The molecule has 0 fully saturated rings. The summed E-state index contributed by atoms with van der Waals surface area (Å²) >= 11 is 0. The van der Waals surface area contributed by atoms with Gasteiger partial charge in [0.05, 0.1) is 0 Å². The van der Waals surface area contributed by atoms with Crippen LogP contribution >= 0.6 is 0 Å². The maximum atomic E-state index is 2.51. The molecule has 2 aliphatic rings. The summed E-state index contributed by atoms with van der Waals surface area (Å²) in [7, 11) is 0. The second-order valence-electron chi connectivity index (χ2n) is 24.4. The van der Waals surface area contributed by atoms with Gasteiger partial charge in [-0.15, -0.1) is 0 Å². The molecule has 0 nitrogen and oxygen atoms in total. The normalized spacial score (nSPS) is 14.4. The predicted molar refractivity (Wildman–Crippen MR) is 389 cm³/mol. The summed E-state index contributed by atoms with van der Waals surface area (Å²) < 4.78 is 0. The van der Waals surface area contributed by atoms with Crippen molar-refractivity contribution in [2.24, 2.45) is 5.92 Å². The lowest BCUT2D eigenvalue weighted by Gasteiger charge is -2.34. The smallest absolute Gasteiger partial charge is 0.0131 e. The Balaban J connectivity index is 0.000000135. The Morgan fingerprint density at radius 2 is 0.522 bits per heavy atom. The van der Waals surface area contributed by atoms with Gasteiger partial charge in [0.25, 0.3) is 0 Å². The molecule has 0 saturated heterocycles. The van der Waals surface area contributed by atoms with Gasteiger partial charge in [-0.3, -0.25) is 0 Å². The predicted octanol–water partition coefficient (Wildman–Crippen LogP) is 25.0. The molecular weight excluding hydrogens is 1080 g/mol. The molecule has 418 valence electrons. The zero-order valence-electron chi connectivity index (χ0n) is 49.5. The van der Waals surface area contributed by atoms with Crippen LogP contribution in [0.4, 0.5) is 0 Å². The molecule has 2 unspecified atom stereocenters. The van der Waals surface area contributed by atoms with Crippen LogP contribution in [0, 0.1) is 5.92 Å². The van der Waals surface area contributed by atoms with Gasteiger partial charge >= 0.3 is 0 Å². The van der Waals surface area contributed by atoms with Crippen molar-refractivity contribution in [2.75, 3.05) is 0 Å². The third-order valence-electron chi connectivity index (χ3n) is 19.7. The van der Waals surface area contributed by atoms with E-state index in [2.05, 4.69) is 340 Å². The lowest BCUT2D eigenvalue weighted by Crippen LogP contribution is -2.18. The average molecular weight is 1140 g/mol. The van der Waals surface area contributed by atoms with Crippen LogP contribution in [0.25, 0.3) is 164 Å². The van der Waals surface area contributed by atoms with Crippen molar-refractivity contribution < 1.29 is 0 Å². The summed E-state index contributed by atoms with van der Waals surface area (Å²) in [6.07, 6.45) is 11.8. The minimum atomic E-state index is 0.277. The van der Waals surface area contributed by atoms with Crippen molar-refractivity contribution in [3.63, 3.8) is 0 Å². The van der Waals surface area contributed by atoms with Crippen LogP contribution in [-0.2, 0) is 0 Å². The highest BCUT2D eigenvalue weighted by Gasteiger charge is 2.33. The third-order valence-corrected chi connectivity index (χ3v) is 19.7. The van der Waals surface area contributed by atoms with Crippen LogP contribution in [0.2, 0.25) is 0 Å². The summed E-state index contributed by atoms with van der Waals surface area (Å²) in [6.45, 7) is 0. The minimum absolute atomic E-state index is 0.277. The first-order valence-electron chi connectivity index (χ1n) is 31.5. The quantitative estimate of drug-likeness (QED) is 0.151. The van der Waals surface area contributed by atoms with Crippen molar-refractivity contribution in [1.29, 1.82) is 0 Å². The van der Waals surface area contributed by atoms with Crippen LogP contribution in [0.3, 0.4) is 0 Å². The Kier molecular flexibility index (Phi) is 12.2. The van der Waals surface area contributed by atoms with E-state index >= 15 is 0 Å². The number of benzene rings is 17. The maximum Gasteiger partial charge on any atom is 0.0131 e. The Morgan fingerprint density at radius 3 is 1.06 bits per heavy atom. The molecule has 0 radical (unpaired) electrons. The number of rotatable bonds is 5. The molecule has 2 atom stereocenters. The van der Waals surface area contributed by atoms with Crippen molar-refractivity contribution >= 4 is 119 Å². The van der Waals surface area contributed by atoms with Gasteiger partial charge in [-0.2, -0.15) is 0 Å². The highest BCUT2D eigenvalue weighted by molar-refractivity contribution is 6.25. The summed E-state index contributed by atoms with van der Waals surface area (Å²) in [5, 5.41) is 25.8. The van der Waals surface area contributed by atoms with Gasteiger partial charge in [0, 0.05) is 11.8 Å². The Morgan fingerprint density at radius 1 is 0.189 bits per heavy atom. The fraction of sp³-hybridized carbons (Fsp3) is 0.0222. The van der Waals surface area contributed by atoms with E-state index in [-0.39, 0.29) is 11.8 Å². The van der Waals surface area contributed by atoms with Gasteiger partial charge in [0.1, 0.15) is 0 Å². The van der Waals surface area contributed by atoms with Gasteiger partial charge in [-0.25, -0.2) is 0 Å². The van der Waals surface area contributed by atoms with E-state index in [1.807, 2.05) is 0 Å². The van der Waals surface area contributed by atoms with Crippen LogP contribution in [0.5, 0.6) is 0 Å². The minimum Gasteiger partial charge on any atom is -0.0761 e. The second kappa shape index (κ2) is 21.2. The molecular formula is C90H58. The molecule has 90 heavy (non-hydrogen) atoms. The van der Waals surface area contributed by atoms with E-state index in [0.717, 1.165) is 0 Å². The fourth-order valence-electron chi connectivity index (χ4n) is 15.5. The van der Waals surface area contributed by atoms with Crippen LogP contribution in [0.15, 0.2) is 334 Å². The molecule has 17 aromatic rings. The number of fused-ring (bicyclic) bond motifs is 18. The zero-order valence-corrected chi connectivity index (χ0v) is 49.5. The molecule has 17 aromatic carbocycles. The molecule has 19 rings (SSSR count). The van der Waals surface area contributed by atoms with Gasteiger partial charge in [0.2, 0.25) is 0 Å². The van der Waals surface area contributed by atoms with Crippen molar-refractivity contribution in [3.05, 3.63) is 350 Å². The molecule has 0 heterocycles. The van der Waals surface area contributed by atoms with Crippen LogP contribution < -0.4 is 0 Å². The van der Waals surface area contributed by atoms with Crippen LogP contribution in [-0.4, -0.2) is 0 Å². The van der Waals surface area contributed by atoms with E-state index in [4.69, 9.17) is 0 Å². The summed E-state index contributed by atoms with van der Waals surface area (Å²) in [6, 6.07) is 114.